The fraction of sp³-hybridized carbons (Fsp3) is 0.250. The van der Waals surface area contributed by atoms with Crippen molar-refractivity contribution in [2.24, 2.45) is 5.73 Å². The second-order valence-corrected chi connectivity index (χ2v) is 4.76. The molecule has 104 valence electrons. The molecule has 0 fully saturated rings. The Balaban J connectivity index is 2.14. The highest BCUT2D eigenvalue weighted by molar-refractivity contribution is 5.78. The van der Waals surface area contributed by atoms with Crippen LogP contribution < -0.4 is 5.73 Å². The summed E-state index contributed by atoms with van der Waals surface area (Å²) < 4.78 is 0. The van der Waals surface area contributed by atoms with Gasteiger partial charge in [0.1, 0.15) is 0 Å². The zero-order valence-electron chi connectivity index (χ0n) is 11.6. The lowest BCUT2D eigenvalue weighted by atomic mass is 10.1. The molecule has 1 amide bonds. The van der Waals surface area contributed by atoms with E-state index in [2.05, 4.69) is 11.1 Å². The van der Waals surface area contributed by atoms with Crippen molar-refractivity contribution in [1.29, 1.82) is 0 Å². The SMILES string of the molecule is Cc1cccc(CN(Cc2ccccn2)C(=O)CN)c1. The number of nitrogens with two attached hydrogens (primary N) is 1. The van der Waals surface area contributed by atoms with Crippen LogP contribution in [0.4, 0.5) is 0 Å². The maximum Gasteiger partial charge on any atom is 0.236 e. The van der Waals surface area contributed by atoms with Gasteiger partial charge in [0.05, 0.1) is 18.8 Å². The van der Waals surface area contributed by atoms with Gasteiger partial charge in [-0.1, -0.05) is 35.9 Å². The number of benzene rings is 1. The minimum absolute atomic E-state index is 0.0125. The molecule has 1 aromatic carbocycles. The maximum absolute atomic E-state index is 12.0. The Morgan fingerprint density at radius 3 is 2.70 bits per heavy atom. The molecule has 1 heterocycles. The smallest absolute Gasteiger partial charge is 0.236 e. The Morgan fingerprint density at radius 1 is 1.20 bits per heavy atom. The third kappa shape index (κ3) is 3.90. The number of carbonyl (C=O) groups is 1. The van der Waals surface area contributed by atoms with E-state index in [0.29, 0.717) is 13.1 Å². The van der Waals surface area contributed by atoms with Gasteiger partial charge in [0, 0.05) is 12.7 Å². The quantitative estimate of drug-likeness (QED) is 0.901. The first-order chi connectivity index (χ1) is 9.69. The van der Waals surface area contributed by atoms with E-state index in [1.54, 1.807) is 11.1 Å². The predicted octanol–water partition coefficient (Wildman–Crippen LogP) is 1.88. The van der Waals surface area contributed by atoms with Crippen LogP contribution in [0.1, 0.15) is 16.8 Å². The van der Waals surface area contributed by atoms with Crippen molar-refractivity contribution in [3.63, 3.8) is 0 Å². The van der Waals surface area contributed by atoms with E-state index in [0.717, 1.165) is 11.3 Å². The van der Waals surface area contributed by atoms with Crippen LogP contribution in [-0.2, 0) is 17.9 Å². The maximum atomic E-state index is 12.0. The summed E-state index contributed by atoms with van der Waals surface area (Å²) in [4.78, 5) is 18.0. The summed E-state index contributed by atoms with van der Waals surface area (Å²) in [5, 5.41) is 0. The van der Waals surface area contributed by atoms with Gasteiger partial charge in [-0.05, 0) is 24.6 Å². The molecule has 0 aliphatic carbocycles. The van der Waals surface area contributed by atoms with E-state index in [1.165, 1.54) is 5.56 Å². The molecule has 0 atom stereocenters. The molecule has 4 heteroatoms. The summed E-state index contributed by atoms with van der Waals surface area (Å²) in [6.45, 7) is 3.08. The van der Waals surface area contributed by atoms with Crippen LogP contribution in [0.2, 0.25) is 0 Å². The van der Waals surface area contributed by atoms with Crippen molar-refractivity contribution in [2.75, 3.05) is 6.54 Å². The van der Waals surface area contributed by atoms with Crippen LogP contribution in [-0.4, -0.2) is 22.3 Å². The summed E-state index contributed by atoms with van der Waals surface area (Å²) in [5.41, 5.74) is 8.64. The normalized spacial score (nSPS) is 10.3. The van der Waals surface area contributed by atoms with Crippen LogP contribution in [0.3, 0.4) is 0 Å². The van der Waals surface area contributed by atoms with Crippen LogP contribution in [0, 0.1) is 6.92 Å². The summed E-state index contributed by atoms with van der Waals surface area (Å²) in [6, 6.07) is 13.8. The fourth-order valence-electron chi connectivity index (χ4n) is 2.08. The Kier molecular flexibility index (Phi) is 4.85. The zero-order chi connectivity index (χ0) is 14.4. The Hall–Kier alpha value is -2.20. The highest BCUT2D eigenvalue weighted by Gasteiger charge is 2.13. The third-order valence-electron chi connectivity index (χ3n) is 3.06. The number of carbonyl (C=O) groups excluding carboxylic acids is 1. The summed E-state index contributed by atoms with van der Waals surface area (Å²) in [5.74, 6) is -0.0721. The molecular formula is C16H19N3O. The van der Waals surface area contributed by atoms with Crippen molar-refractivity contribution in [3.05, 3.63) is 65.5 Å². The molecule has 2 aromatic rings. The van der Waals surface area contributed by atoms with Crippen LogP contribution in [0.25, 0.3) is 0 Å². The standard InChI is InChI=1S/C16H19N3O/c1-13-5-4-6-14(9-13)11-19(16(20)10-17)12-15-7-2-3-8-18-15/h2-9H,10-12,17H2,1H3. The van der Waals surface area contributed by atoms with Gasteiger partial charge in [0.2, 0.25) is 5.91 Å². The minimum atomic E-state index is -0.0721. The zero-order valence-corrected chi connectivity index (χ0v) is 11.6. The first-order valence-corrected chi connectivity index (χ1v) is 6.62. The van der Waals surface area contributed by atoms with Gasteiger partial charge < -0.3 is 10.6 Å². The number of rotatable bonds is 5. The van der Waals surface area contributed by atoms with Gasteiger partial charge in [0.15, 0.2) is 0 Å². The van der Waals surface area contributed by atoms with Crippen LogP contribution >= 0.6 is 0 Å². The predicted molar refractivity (Wildman–Crippen MR) is 78.7 cm³/mol. The molecule has 4 nitrogen and oxygen atoms in total. The highest BCUT2D eigenvalue weighted by Crippen LogP contribution is 2.10. The first kappa shape index (κ1) is 14.2. The molecule has 0 saturated carbocycles. The van der Waals surface area contributed by atoms with Gasteiger partial charge in [-0.2, -0.15) is 0 Å². The lowest BCUT2D eigenvalue weighted by Crippen LogP contribution is -2.35. The van der Waals surface area contributed by atoms with Crippen molar-refractivity contribution in [1.82, 2.24) is 9.88 Å². The monoisotopic (exact) mass is 269 g/mol. The van der Waals surface area contributed by atoms with E-state index in [1.807, 2.05) is 43.3 Å². The first-order valence-electron chi connectivity index (χ1n) is 6.62. The molecule has 1 aromatic heterocycles. The van der Waals surface area contributed by atoms with Crippen LogP contribution in [0.5, 0.6) is 0 Å². The van der Waals surface area contributed by atoms with Crippen LogP contribution in [0.15, 0.2) is 48.7 Å². The molecule has 0 spiro atoms. The third-order valence-corrected chi connectivity index (χ3v) is 3.06. The minimum Gasteiger partial charge on any atom is -0.331 e. The molecule has 2 N–H and O–H groups in total. The number of aromatic nitrogens is 1. The molecule has 0 unspecified atom stereocenters. The number of pyridine rings is 1. The Bertz CT molecular complexity index is 569. The van der Waals surface area contributed by atoms with Crippen molar-refractivity contribution in [3.8, 4) is 0 Å². The molecular weight excluding hydrogens is 250 g/mol. The van der Waals surface area contributed by atoms with Gasteiger partial charge in [-0.15, -0.1) is 0 Å². The van der Waals surface area contributed by atoms with E-state index in [9.17, 15) is 4.79 Å². The second-order valence-electron chi connectivity index (χ2n) is 4.76. The number of hydrogen-bond acceptors (Lipinski definition) is 3. The van der Waals surface area contributed by atoms with Gasteiger partial charge in [0.25, 0.3) is 0 Å². The number of nitrogens with zero attached hydrogens (tertiary/aromatic N) is 2. The van der Waals surface area contributed by atoms with Crippen molar-refractivity contribution < 1.29 is 4.79 Å². The fourth-order valence-corrected chi connectivity index (χ4v) is 2.08. The largest absolute Gasteiger partial charge is 0.331 e. The summed E-state index contributed by atoms with van der Waals surface area (Å²) >= 11 is 0. The molecule has 0 saturated heterocycles. The number of hydrogen-bond donors (Lipinski definition) is 1. The topological polar surface area (TPSA) is 59.2 Å². The van der Waals surface area contributed by atoms with E-state index >= 15 is 0 Å². The van der Waals surface area contributed by atoms with Crippen molar-refractivity contribution in [2.45, 2.75) is 20.0 Å². The van der Waals surface area contributed by atoms with E-state index in [4.69, 9.17) is 5.73 Å². The number of aryl methyl sites for hydroxylation is 1. The molecule has 20 heavy (non-hydrogen) atoms. The molecule has 0 radical (unpaired) electrons. The van der Waals surface area contributed by atoms with Gasteiger partial charge in [-0.3, -0.25) is 9.78 Å². The lowest BCUT2D eigenvalue weighted by molar-refractivity contribution is -0.131. The second kappa shape index (κ2) is 6.82. The average Bonchev–Trinajstić information content (AvgIpc) is 2.47. The van der Waals surface area contributed by atoms with Crippen molar-refractivity contribution >= 4 is 5.91 Å². The van der Waals surface area contributed by atoms with Gasteiger partial charge >= 0.3 is 0 Å². The summed E-state index contributed by atoms with van der Waals surface area (Å²) in [7, 11) is 0. The lowest BCUT2D eigenvalue weighted by Gasteiger charge is -2.22. The molecule has 0 aliphatic heterocycles. The highest BCUT2D eigenvalue weighted by atomic mass is 16.2. The van der Waals surface area contributed by atoms with E-state index < -0.39 is 0 Å². The molecule has 0 bridgehead atoms. The average molecular weight is 269 g/mol. The molecule has 2 rings (SSSR count). The Labute approximate surface area is 119 Å². The van der Waals surface area contributed by atoms with Gasteiger partial charge in [-0.25, -0.2) is 0 Å². The summed E-state index contributed by atoms with van der Waals surface area (Å²) in [6.07, 6.45) is 1.73. The number of amides is 1. The Morgan fingerprint density at radius 2 is 2.05 bits per heavy atom. The molecule has 0 aliphatic rings. The van der Waals surface area contributed by atoms with E-state index in [-0.39, 0.29) is 12.5 Å².